The van der Waals surface area contributed by atoms with Gasteiger partial charge >= 0.3 is 0 Å². The Morgan fingerprint density at radius 3 is 2.62 bits per heavy atom. The van der Waals surface area contributed by atoms with Gasteiger partial charge in [-0.05, 0) is 0 Å². The lowest BCUT2D eigenvalue weighted by molar-refractivity contribution is 1.40. The Morgan fingerprint density at radius 1 is 1.62 bits per heavy atom. The third kappa shape index (κ3) is 0.521. The number of nitrogens with two attached hydrogens (primary N) is 1. The van der Waals surface area contributed by atoms with Crippen LogP contribution in [0.2, 0.25) is 0 Å². The topological polar surface area (TPSA) is 65.6 Å². The molecule has 0 aliphatic carbocycles. The lowest BCUT2D eigenvalue weighted by Gasteiger charge is -1.77. The molecule has 0 amide bonds. The fourth-order valence-electron chi connectivity index (χ4n) is 0.473. The maximum Gasteiger partial charge on any atom is 0.103 e. The number of nitriles is 1. The van der Waals surface area contributed by atoms with Gasteiger partial charge in [0.15, 0.2) is 0 Å². The van der Waals surface area contributed by atoms with E-state index in [0.717, 1.165) is 0 Å². The standard InChI is InChI=1S/C5H5N3/c6-1-4-2-8-3-5(4)7/h2-3,8H,7H2. The monoisotopic (exact) mass is 107 g/mol. The van der Waals surface area contributed by atoms with Crippen LogP contribution in [0, 0.1) is 11.3 Å². The number of hydrogen-bond donors (Lipinski definition) is 2. The van der Waals surface area contributed by atoms with E-state index in [-0.39, 0.29) is 0 Å². The van der Waals surface area contributed by atoms with Crippen LogP contribution in [0.25, 0.3) is 0 Å². The molecule has 0 unspecified atom stereocenters. The van der Waals surface area contributed by atoms with Crippen molar-refractivity contribution in [3.8, 4) is 6.07 Å². The average molecular weight is 107 g/mol. The minimum atomic E-state index is 0.505. The van der Waals surface area contributed by atoms with Crippen LogP contribution in [0.3, 0.4) is 0 Å². The van der Waals surface area contributed by atoms with Gasteiger partial charge in [-0.1, -0.05) is 0 Å². The average Bonchev–Trinajstić information content (AvgIpc) is 2.14. The van der Waals surface area contributed by atoms with E-state index >= 15 is 0 Å². The Morgan fingerprint density at radius 2 is 2.38 bits per heavy atom. The summed E-state index contributed by atoms with van der Waals surface area (Å²) in [5.41, 5.74) is 6.31. The van der Waals surface area contributed by atoms with Crippen LogP contribution < -0.4 is 5.73 Å². The molecule has 0 radical (unpaired) electrons. The zero-order chi connectivity index (χ0) is 5.98. The van der Waals surface area contributed by atoms with Crippen molar-refractivity contribution < 1.29 is 0 Å². The number of hydrogen-bond acceptors (Lipinski definition) is 2. The van der Waals surface area contributed by atoms with Crippen LogP contribution >= 0.6 is 0 Å². The number of rotatable bonds is 0. The van der Waals surface area contributed by atoms with Crippen molar-refractivity contribution >= 4 is 5.69 Å². The van der Waals surface area contributed by atoms with Crippen LogP contribution in [0.1, 0.15) is 5.56 Å². The summed E-state index contributed by atoms with van der Waals surface area (Å²) in [6, 6.07) is 1.92. The molecular formula is C5H5N3. The fourth-order valence-corrected chi connectivity index (χ4v) is 0.473. The largest absolute Gasteiger partial charge is 0.396 e. The summed E-state index contributed by atoms with van der Waals surface area (Å²) in [4.78, 5) is 2.70. The fraction of sp³-hybridized carbons (Fsp3) is 0. The van der Waals surface area contributed by atoms with E-state index in [0.29, 0.717) is 11.3 Å². The first kappa shape index (κ1) is 4.72. The van der Waals surface area contributed by atoms with Gasteiger partial charge in [0.2, 0.25) is 0 Å². The highest BCUT2D eigenvalue weighted by molar-refractivity contribution is 5.51. The molecule has 0 spiro atoms. The van der Waals surface area contributed by atoms with Gasteiger partial charge in [0.1, 0.15) is 6.07 Å². The van der Waals surface area contributed by atoms with Gasteiger partial charge in [0, 0.05) is 12.4 Å². The van der Waals surface area contributed by atoms with Crippen molar-refractivity contribution in [3.05, 3.63) is 18.0 Å². The van der Waals surface area contributed by atoms with Crippen LogP contribution in [-0.2, 0) is 0 Å². The van der Waals surface area contributed by atoms with Crippen molar-refractivity contribution in [3.63, 3.8) is 0 Å². The molecule has 0 atom stereocenters. The van der Waals surface area contributed by atoms with Crippen molar-refractivity contribution in [1.29, 1.82) is 5.26 Å². The van der Waals surface area contributed by atoms with Gasteiger partial charge in [-0.2, -0.15) is 5.26 Å². The number of aromatic nitrogens is 1. The molecule has 0 aliphatic heterocycles. The summed E-state index contributed by atoms with van der Waals surface area (Å²) in [5, 5.41) is 8.26. The van der Waals surface area contributed by atoms with Gasteiger partial charge in [0.05, 0.1) is 11.3 Å². The molecule has 0 aromatic carbocycles. The quantitative estimate of drug-likeness (QED) is 0.506. The molecule has 1 rings (SSSR count). The molecule has 1 aromatic rings. The summed E-state index contributed by atoms with van der Waals surface area (Å²) in [6.07, 6.45) is 3.15. The second-order valence-corrected chi connectivity index (χ2v) is 1.44. The van der Waals surface area contributed by atoms with E-state index in [4.69, 9.17) is 11.0 Å². The Balaban J connectivity index is 3.15. The molecule has 8 heavy (non-hydrogen) atoms. The van der Waals surface area contributed by atoms with Crippen molar-refractivity contribution in [2.24, 2.45) is 0 Å². The first-order chi connectivity index (χ1) is 3.84. The van der Waals surface area contributed by atoms with Gasteiger partial charge in [-0.15, -0.1) is 0 Å². The molecule has 0 bridgehead atoms. The van der Waals surface area contributed by atoms with Crippen LogP contribution in [-0.4, -0.2) is 4.98 Å². The highest BCUT2D eigenvalue weighted by atomic mass is 14.7. The molecule has 3 N–H and O–H groups in total. The van der Waals surface area contributed by atoms with Crippen LogP contribution in [0.5, 0.6) is 0 Å². The van der Waals surface area contributed by atoms with E-state index < -0.39 is 0 Å². The van der Waals surface area contributed by atoms with Gasteiger partial charge in [-0.25, -0.2) is 0 Å². The maximum atomic E-state index is 8.26. The Hall–Kier alpha value is -1.43. The molecule has 40 valence electrons. The predicted octanol–water partition coefficient (Wildman–Crippen LogP) is 0.469. The summed E-state index contributed by atoms with van der Waals surface area (Å²) in [6.45, 7) is 0. The van der Waals surface area contributed by atoms with Gasteiger partial charge in [-0.3, -0.25) is 0 Å². The molecule has 0 saturated carbocycles. The lowest BCUT2D eigenvalue weighted by Crippen LogP contribution is -1.81. The van der Waals surface area contributed by atoms with Crippen molar-refractivity contribution in [1.82, 2.24) is 4.98 Å². The first-order valence-corrected chi connectivity index (χ1v) is 2.17. The third-order valence-electron chi connectivity index (χ3n) is 0.898. The van der Waals surface area contributed by atoms with Crippen molar-refractivity contribution in [2.45, 2.75) is 0 Å². The number of nitrogens with one attached hydrogen (secondary N) is 1. The molecule has 1 aromatic heterocycles. The minimum absolute atomic E-state index is 0.505. The van der Waals surface area contributed by atoms with Gasteiger partial charge < -0.3 is 10.7 Å². The number of anilines is 1. The normalized spacial score (nSPS) is 8.38. The Kier molecular flexibility index (Phi) is 0.935. The van der Waals surface area contributed by atoms with E-state index in [1.807, 2.05) is 6.07 Å². The zero-order valence-corrected chi connectivity index (χ0v) is 4.18. The summed E-state index contributed by atoms with van der Waals surface area (Å²) >= 11 is 0. The summed E-state index contributed by atoms with van der Waals surface area (Å²) in [7, 11) is 0. The lowest BCUT2D eigenvalue weighted by atomic mass is 10.3. The highest BCUT2D eigenvalue weighted by Gasteiger charge is 1.93. The highest BCUT2D eigenvalue weighted by Crippen LogP contribution is 2.05. The molecule has 0 fully saturated rings. The minimum Gasteiger partial charge on any atom is -0.396 e. The third-order valence-corrected chi connectivity index (χ3v) is 0.898. The maximum absolute atomic E-state index is 8.26. The Labute approximate surface area is 46.7 Å². The molecule has 3 heteroatoms. The van der Waals surface area contributed by atoms with Gasteiger partial charge in [0.25, 0.3) is 0 Å². The summed E-state index contributed by atoms with van der Waals surface area (Å²) in [5.74, 6) is 0. The number of nitrogen functional groups attached to an aromatic ring is 1. The van der Waals surface area contributed by atoms with E-state index in [1.54, 1.807) is 12.4 Å². The second kappa shape index (κ2) is 1.58. The van der Waals surface area contributed by atoms with Crippen molar-refractivity contribution in [2.75, 3.05) is 5.73 Å². The molecule has 1 heterocycles. The van der Waals surface area contributed by atoms with E-state index in [1.165, 1.54) is 0 Å². The predicted molar refractivity (Wildman–Crippen MR) is 29.9 cm³/mol. The second-order valence-electron chi connectivity index (χ2n) is 1.44. The number of nitrogens with zero attached hydrogens (tertiary/aromatic N) is 1. The molecule has 0 aliphatic rings. The van der Waals surface area contributed by atoms with E-state index in [9.17, 15) is 0 Å². The molecule has 3 nitrogen and oxygen atoms in total. The van der Waals surface area contributed by atoms with Crippen LogP contribution in [0.15, 0.2) is 12.4 Å². The number of H-pyrrole nitrogens is 1. The summed E-state index contributed by atoms with van der Waals surface area (Å²) < 4.78 is 0. The SMILES string of the molecule is N#Cc1c[nH]cc1N. The first-order valence-electron chi connectivity index (χ1n) is 2.17. The van der Waals surface area contributed by atoms with E-state index in [2.05, 4.69) is 4.98 Å². The molecular weight excluding hydrogens is 102 g/mol. The smallest absolute Gasteiger partial charge is 0.103 e. The number of aromatic amines is 1. The molecule has 0 saturated heterocycles. The van der Waals surface area contributed by atoms with Crippen LogP contribution in [0.4, 0.5) is 5.69 Å². The zero-order valence-electron chi connectivity index (χ0n) is 4.18. The Bertz CT molecular complexity index is 218.